The molecule has 0 spiro atoms. The van der Waals surface area contributed by atoms with Gasteiger partial charge < -0.3 is 0 Å². The molecule has 3 aliphatic rings. The van der Waals surface area contributed by atoms with Gasteiger partial charge in [0.2, 0.25) is 0 Å². The van der Waals surface area contributed by atoms with Crippen LogP contribution in [0.3, 0.4) is 0 Å². The maximum Gasteiger partial charge on any atom is 0.281 e. The SMILES string of the molecule is CN(C)S(=O)(=O)N1C[C@H]2CC[C@@H]1CN(Cc1cccnc1)C2. The summed E-state index contributed by atoms with van der Waals surface area (Å²) >= 11 is 0. The van der Waals surface area contributed by atoms with Crippen molar-refractivity contribution in [2.24, 2.45) is 5.92 Å². The lowest BCUT2D eigenvalue weighted by atomic mass is 9.97. The van der Waals surface area contributed by atoms with Gasteiger partial charge in [0.05, 0.1) is 0 Å². The molecule has 2 atom stereocenters. The van der Waals surface area contributed by atoms with E-state index in [1.54, 1.807) is 24.6 Å². The van der Waals surface area contributed by atoms with Gasteiger partial charge in [-0.25, -0.2) is 0 Å². The molecule has 0 aliphatic carbocycles. The maximum atomic E-state index is 12.5. The first-order valence-electron chi connectivity index (χ1n) is 7.77. The third-order valence-corrected chi connectivity index (χ3v) is 6.59. The van der Waals surface area contributed by atoms with E-state index in [4.69, 9.17) is 0 Å². The first kappa shape index (κ1) is 15.9. The van der Waals surface area contributed by atoms with Crippen LogP contribution in [0.2, 0.25) is 0 Å². The lowest BCUT2D eigenvalue weighted by molar-refractivity contribution is 0.216. The van der Waals surface area contributed by atoms with Gasteiger partial charge in [-0.15, -0.1) is 0 Å². The molecule has 1 aromatic heterocycles. The molecular formula is C15H24N4O2S. The molecule has 6 nitrogen and oxygen atoms in total. The standard InChI is InChI=1S/C15H24N4O2S/c1-17(2)22(20,21)19-11-14-5-6-15(19)12-18(10-14)9-13-4-3-7-16-8-13/h3-4,7-8,14-15H,5-6,9-12H2,1-2H3/t14-,15+/m0/s1. The zero-order chi connectivity index (χ0) is 15.7. The van der Waals surface area contributed by atoms with Crippen LogP contribution < -0.4 is 0 Å². The minimum Gasteiger partial charge on any atom is -0.297 e. The Labute approximate surface area is 132 Å². The van der Waals surface area contributed by atoms with Crippen LogP contribution in [0.15, 0.2) is 24.5 Å². The van der Waals surface area contributed by atoms with Crippen LogP contribution in [0.5, 0.6) is 0 Å². The van der Waals surface area contributed by atoms with Gasteiger partial charge in [-0.2, -0.15) is 17.0 Å². The number of hydrogen-bond donors (Lipinski definition) is 0. The monoisotopic (exact) mass is 324 g/mol. The summed E-state index contributed by atoms with van der Waals surface area (Å²) in [6.07, 6.45) is 5.75. The Hall–Kier alpha value is -1.02. The Morgan fingerprint density at radius 3 is 2.77 bits per heavy atom. The number of piperidine rings is 1. The maximum absolute atomic E-state index is 12.5. The first-order valence-corrected chi connectivity index (χ1v) is 9.17. The van der Waals surface area contributed by atoms with E-state index in [-0.39, 0.29) is 6.04 Å². The van der Waals surface area contributed by atoms with Crippen molar-refractivity contribution in [3.05, 3.63) is 30.1 Å². The van der Waals surface area contributed by atoms with Crippen molar-refractivity contribution in [2.45, 2.75) is 25.4 Å². The molecular weight excluding hydrogens is 300 g/mol. The average molecular weight is 324 g/mol. The van der Waals surface area contributed by atoms with Gasteiger partial charge >= 0.3 is 0 Å². The van der Waals surface area contributed by atoms with Crippen molar-refractivity contribution in [1.29, 1.82) is 0 Å². The van der Waals surface area contributed by atoms with Crippen molar-refractivity contribution in [3.8, 4) is 0 Å². The molecule has 4 rings (SSSR count). The lowest BCUT2D eigenvalue weighted by Gasteiger charge is -2.36. The van der Waals surface area contributed by atoms with Crippen molar-refractivity contribution in [3.63, 3.8) is 0 Å². The highest BCUT2D eigenvalue weighted by Crippen LogP contribution is 2.31. The molecule has 4 heterocycles. The zero-order valence-corrected chi connectivity index (χ0v) is 14.0. The smallest absolute Gasteiger partial charge is 0.281 e. The van der Waals surface area contributed by atoms with Crippen molar-refractivity contribution >= 4 is 10.2 Å². The Bertz CT molecular complexity index is 605. The minimum absolute atomic E-state index is 0.0859. The third kappa shape index (κ3) is 3.17. The molecule has 0 aromatic carbocycles. The van der Waals surface area contributed by atoms with Gasteiger partial charge in [0.1, 0.15) is 0 Å². The molecule has 3 aliphatic heterocycles. The molecule has 0 unspecified atom stereocenters. The van der Waals surface area contributed by atoms with Crippen LogP contribution in [-0.2, 0) is 16.8 Å². The van der Waals surface area contributed by atoms with Crippen molar-refractivity contribution < 1.29 is 8.42 Å². The second-order valence-electron chi connectivity index (χ2n) is 6.51. The second-order valence-corrected chi connectivity index (χ2v) is 8.61. The molecule has 1 aromatic rings. The quantitative estimate of drug-likeness (QED) is 0.821. The zero-order valence-electron chi connectivity index (χ0n) is 13.2. The molecule has 0 N–H and O–H groups in total. The molecule has 3 fully saturated rings. The van der Waals surface area contributed by atoms with E-state index >= 15 is 0 Å². The van der Waals surface area contributed by atoms with E-state index in [0.29, 0.717) is 12.5 Å². The molecule has 0 amide bonds. The first-order chi connectivity index (χ1) is 10.5. The highest BCUT2D eigenvalue weighted by molar-refractivity contribution is 7.86. The summed E-state index contributed by atoms with van der Waals surface area (Å²) in [5, 5.41) is 0. The number of hydrogen-bond acceptors (Lipinski definition) is 4. The van der Waals surface area contributed by atoms with E-state index in [9.17, 15) is 8.42 Å². The lowest BCUT2D eigenvalue weighted by Crippen LogP contribution is -2.51. The normalized spacial score (nSPS) is 27.2. The Kier molecular flexibility index (Phi) is 4.49. The summed E-state index contributed by atoms with van der Waals surface area (Å²) in [5.74, 6) is 0.421. The van der Waals surface area contributed by atoms with Gasteiger partial charge in [-0.1, -0.05) is 6.07 Å². The van der Waals surface area contributed by atoms with Gasteiger partial charge in [-0.3, -0.25) is 9.88 Å². The van der Waals surface area contributed by atoms with Gasteiger partial charge in [0.25, 0.3) is 10.2 Å². The fraction of sp³-hybridized carbons (Fsp3) is 0.667. The second kappa shape index (κ2) is 6.23. The summed E-state index contributed by atoms with van der Waals surface area (Å²) in [7, 11) is -0.0980. The molecule has 7 heteroatoms. The number of aromatic nitrogens is 1. The predicted molar refractivity (Wildman–Crippen MR) is 85.3 cm³/mol. The third-order valence-electron chi connectivity index (χ3n) is 4.63. The van der Waals surface area contributed by atoms with E-state index in [1.807, 2.05) is 12.3 Å². The number of pyridine rings is 1. The van der Waals surface area contributed by atoms with Crippen LogP contribution in [0.25, 0.3) is 0 Å². The highest BCUT2D eigenvalue weighted by atomic mass is 32.2. The summed E-state index contributed by atoms with van der Waals surface area (Å²) in [6, 6.07) is 4.11. The Morgan fingerprint density at radius 1 is 1.27 bits per heavy atom. The molecule has 22 heavy (non-hydrogen) atoms. The summed E-state index contributed by atoms with van der Waals surface area (Å²) < 4.78 is 28.1. The van der Waals surface area contributed by atoms with Crippen LogP contribution in [-0.4, -0.2) is 66.7 Å². The molecule has 122 valence electrons. The highest BCUT2D eigenvalue weighted by Gasteiger charge is 2.41. The number of fused-ring (bicyclic) bond motifs is 4. The van der Waals surface area contributed by atoms with Crippen LogP contribution in [0.4, 0.5) is 0 Å². The number of rotatable bonds is 4. The Balaban J connectivity index is 1.76. The molecule has 3 saturated heterocycles. The van der Waals surface area contributed by atoms with E-state index < -0.39 is 10.2 Å². The summed E-state index contributed by atoms with van der Waals surface area (Å²) in [4.78, 5) is 6.54. The fourth-order valence-electron chi connectivity index (χ4n) is 3.51. The molecule has 0 radical (unpaired) electrons. The van der Waals surface area contributed by atoms with Gasteiger partial charge in [-0.05, 0) is 30.4 Å². The van der Waals surface area contributed by atoms with E-state index in [0.717, 1.165) is 32.5 Å². The largest absolute Gasteiger partial charge is 0.297 e. The summed E-state index contributed by atoms with van der Waals surface area (Å²) in [6.45, 7) is 3.26. The van der Waals surface area contributed by atoms with Gasteiger partial charge in [0, 0.05) is 58.7 Å². The average Bonchev–Trinajstić information content (AvgIpc) is 2.78. The van der Waals surface area contributed by atoms with Crippen LogP contribution >= 0.6 is 0 Å². The fourth-order valence-corrected chi connectivity index (χ4v) is 4.87. The molecule has 2 bridgehead atoms. The topological polar surface area (TPSA) is 56.8 Å². The minimum atomic E-state index is -3.32. The van der Waals surface area contributed by atoms with E-state index in [1.165, 1.54) is 9.87 Å². The van der Waals surface area contributed by atoms with Crippen molar-refractivity contribution in [1.82, 2.24) is 18.5 Å². The Morgan fingerprint density at radius 2 is 2.09 bits per heavy atom. The van der Waals surface area contributed by atoms with Gasteiger partial charge in [0.15, 0.2) is 0 Å². The summed E-state index contributed by atoms with van der Waals surface area (Å²) in [5.41, 5.74) is 1.19. The van der Waals surface area contributed by atoms with Crippen LogP contribution in [0, 0.1) is 5.92 Å². The molecule has 0 saturated carbocycles. The van der Waals surface area contributed by atoms with Crippen molar-refractivity contribution in [2.75, 3.05) is 33.7 Å². The van der Waals surface area contributed by atoms with E-state index in [2.05, 4.69) is 16.0 Å². The predicted octanol–water partition coefficient (Wildman–Crippen LogP) is 0.784. The van der Waals surface area contributed by atoms with Crippen LogP contribution in [0.1, 0.15) is 18.4 Å². The number of nitrogens with zero attached hydrogens (tertiary/aromatic N) is 4.